The van der Waals surface area contributed by atoms with Crippen LogP contribution in [0.25, 0.3) is 11.4 Å². The summed E-state index contributed by atoms with van der Waals surface area (Å²) in [7, 11) is 0. The van der Waals surface area contributed by atoms with Gasteiger partial charge < -0.3 is 0 Å². The molecule has 0 amide bonds. The van der Waals surface area contributed by atoms with Gasteiger partial charge in [0.25, 0.3) is 0 Å². The van der Waals surface area contributed by atoms with Crippen LogP contribution in [0.4, 0.5) is 0 Å². The highest BCUT2D eigenvalue weighted by atomic mass is 15.3. The first-order valence-electron chi connectivity index (χ1n) is 13.8. The number of aliphatic imine (C=N–C) groups is 2. The minimum Gasteiger partial charge on any atom is -0.292 e. The molecule has 0 radical (unpaired) electrons. The Morgan fingerprint density at radius 1 is 0.615 bits per heavy atom. The lowest BCUT2D eigenvalue weighted by molar-refractivity contribution is 0.543. The first-order valence-corrected chi connectivity index (χ1v) is 13.8. The number of aromatic nitrogens is 4. The first-order chi connectivity index (χ1) is 18.5. The fraction of sp³-hybridized carbons (Fsp3) is 0.394. The van der Waals surface area contributed by atoms with Crippen LogP contribution >= 0.6 is 0 Å². The van der Waals surface area contributed by atoms with Gasteiger partial charge in [0, 0.05) is 47.5 Å². The molecule has 6 nitrogen and oxygen atoms in total. The van der Waals surface area contributed by atoms with E-state index in [1.165, 1.54) is 11.4 Å². The van der Waals surface area contributed by atoms with Gasteiger partial charge in [-0.2, -0.15) is 10.2 Å². The monoisotopic (exact) mass is 522 g/mol. The maximum Gasteiger partial charge on any atom is 0.0689 e. The third kappa shape index (κ3) is 6.44. The molecule has 0 fully saturated rings. The number of hydrogen-bond acceptors (Lipinski definition) is 4. The molecule has 2 aromatic heterocycles. The van der Waals surface area contributed by atoms with Gasteiger partial charge in [0.15, 0.2) is 0 Å². The summed E-state index contributed by atoms with van der Waals surface area (Å²) < 4.78 is 4.12. The fourth-order valence-corrected chi connectivity index (χ4v) is 4.91. The van der Waals surface area contributed by atoms with E-state index in [0.717, 1.165) is 40.3 Å². The van der Waals surface area contributed by atoms with Crippen LogP contribution < -0.4 is 0 Å². The normalized spacial score (nSPS) is 12.7. The van der Waals surface area contributed by atoms with Gasteiger partial charge in [-0.15, -0.1) is 0 Å². The molecule has 4 rings (SSSR count). The molecule has 0 aliphatic rings. The molecule has 0 atom stereocenters. The van der Waals surface area contributed by atoms with Gasteiger partial charge in [-0.3, -0.25) is 9.98 Å². The number of benzene rings is 2. The van der Waals surface area contributed by atoms with Crippen molar-refractivity contribution >= 4 is 12.4 Å². The van der Waals surface area contributed by atoms with Crippen LogP contribution in [0, 0.1) is 13.8 Å². The standard InChI is InChI=1S/C33H42N6/c1-24-28(30(32(3,4)5)38(36-24)26-16-11-9-12-17-26)22-34-20-15-21-35-23-29-25(2)37-39(31(29)33(6,7)8)27-18-13-10-14-19-27/h9-14,16-19,22-23H,15,20-21H2,1-8H3. The molecular weight excluding hydrogens is 480 g/mol. The molecule has 0 saturated carbocycles. The molecule has 0 spiro atoms. The smallest absolute Gasteiger partial charge is 0.0689 e. The lowest BCUT2D eigenvalue weighted by Crippen LogP contribution is -2.19. The Morgan fingerprint density at radius 3 is 1.31 bits per heavy atom. The maximum atomic E-state index is 4.86. The second-order valence-electron chi connectivity index (χ2n) is 12.1. The second-order valence-corrected chi connectivity index (χ2v) is 12.1. The average Bonchev–Trinajstić information content (AvgIpc) is 3.41. The van der Waals surface area contributed by atoms with Crippen molar-refractivity contribution in [1.29, 1.82) is 0 Å². The van der Waals surface area contributed by atoms with Crippen molar-refractivity contribution in [2.24, 2.45) is 9.98 Å². The topological polar surface area (TPSA) is 60.4 Å². The second kappa shape index (κ2) is 11.5. The van der Waals surface area contributed by atoms with E-state index < -0.39 is 0 Å². The fourth-order valence-electron chi connectivity index (χ4n) is 4.91. The van der Waals surface area contributed by atoms with Crippen LogP contribution in [-0.4, -0.2) is 45.1 Å². The molecule has 2 aromatic carbocycles. The highest BCUT2D eigenvalue weighted by molar-refractivity contribution is 5.84. The number of hydrogen-bond donors (Lipinski definition) is 0. The zero-order chi connectivity index (χ0) is 28.2. The quantitative estimate of drug-likeness (QED) is 0.181. The van der Waals surface area contributed by atoms with Gasteiger partial charge in [0.05, 0.1) is 34.2 Å². The van der Waals surface area contributed by atoms with Gasteiger partial charge in [0.2, 0.25) is 0 Å². The van der Waals surface area contributed by atoms with Gasteiger partial charge >= 0.3 is 0 Å². The average molecular weight is 523 g/mol. The van der Waals surface area contributed by atoms with Crippen LogP contribution in [0.15, 0.2) is 70.6 Å². The molecule has 0 saturated heterocycles. The summed E-state index contributed by atoms with van der Waals surface area (Å²) in [5.74, 6) is 0. The summed E-state index contributed by atoms with van der Waals surface area (Å²) in [5.41, 5.74) is 8.53. The largest absolute Gasteiger partial charge is 0.292 e. The Kier molecular flexibility index (Phi) is 8.34. The zero-order valence-electron chi connectivity index (χ0n) is 24.7. The summed E-state index contributed by atoms with van der Waals surface area (Å²) in [4.78, 5) is 9.56. The van der Waals surface area contributed by atoms with Gasteiger partial charge in [-0.05, 0) is 44.5 Å². The zero-order valence-corrected chi connectivity index (χ0v) is 24.7. The predicted octanol–water partition coefficient (Wildman–Crippen LogP) is 7.20. The molecule has 6 heteroatoms. The van der Waals surface area contributed by atoms with E-state index in [1.807, 2.05) is 48.8 Å². The Bertz CT molecular complexity index is 1330. The van der Waals surface area contributed by atoms with Crippen molar-refractivity contribution in [1.82, 2.24) is 19.6 Å². The SMILES string of the molecule is Cc1nn(-c2ccccc2)c(C(C)(C)C)c1C=NCCCN=Cc1c(C)nn(-c2ccccc2)c1C(C)(C)C. The molecule has 0 unspecified atom stereocenters. The van der Waals surface area contributed by atoms with Crippen LogP contribution in [0.5, 0.6) is 0 Å². The first kappa shape index (κ1) is 28.2. The molecule has 2 heterocycles. The number of para-hydroxylation sites is 2. The van der Waals surface area contributed by atoms with Crippen molar-refractivity contribution in [3.8, 4) is 11.4 Å². The Hall–Kier alpha value is -3.80. The Morgan fingerprint density at radius 2 is 0.974 bits per heavy atom. The van der Waals surface area contributed by atoms with Gasteiger partial charge in [0.1, 0.15) is 0 Å². The van der Waals surface area contributed by atoms with Crippen LogP contribution in [0.1, 0.15) is 81.9 Å². The summed E-state index contributed by atoms with van der Waals surface area (Å²) in [5, 5.41) is 9.73. The number of rotatable bonds is 8. The van der Waals surface area contributed by atoms with E-state index in [0.29, 0.717) is 13.1 Å². The minimum atomic E-state index is -0.0738. The molecule has 0 bridgehead atoms. The highest BCUT2D eigenvalue weighted by Gasteiger charge is 2.27. The molecule has 204 valence electrons. The third-order valence-corrected chi connectivity index (χ3v) is 6.65. The Balaban J connectivity index is 1.47. The summed E-state index contributed by atoms with van der Waals surface area (Å²) in [6.07, 6.45) is 4.87. The van der Waals surface area contributed by atoms with E-state index >= 15 is 0 Å². The lowest BCUT2D eigenvalue weighted by atomic mass is 9.88. The number of aryl methyl sites for hydroxylation is 2. The molecule has 0 N–H and O–H groups in total. The molecular formula is C33H42N6. The Labute approximate surface area is 233 Å². The highest BCUT2D eigenvalue weighted by Crippen LogP contribution is 2.30. The molecule has 0 aliphatic heterocycles. The molecule has 39 heavy (non-hydrogen) atoms. The van der Waals surface area contributed by atoms with Crippen molar-refractivity contribution in [2.75, 3.05) is 13.1 Å². The molecule has 4 aromatic rings. The van der Waals surface area contributed by atoms with Crippen molar-refractivity contribution < 1.29 is 0 Å². The van der Waals surface area contributed by atoms with Crippen molar-refractivity contribution in [3.05, 3.63) is 94.6 Å². The predicted molar refractivity (Wildman–Crippen MR) is 164 cm³/mol. The summed E-state index contributed by atoms with van der Waals surface area (Å²) >= 11 is 0. The minimum absolute atomic E-state index is 0.0738. The van der Waals surface area contributed by atoms with Crippen LogP contribution in [-0.2, 0) is 10.8 Å². The molecule has 0 aliphatic carbocycles. The third-order valence-electron chi connectivity index (χ3n) is 6.65. The maximum absolute atomic E-state index is 4.86. The van der Waals surface area contributed by atoms with E-state index in [4.69, 9.17) is 20.2 Å². The summed E-state index contributed by atoms with van der Waals surface area (Å²) in [6.45, 7) is 18.9. The van der Waals surface area contributed by atoms with Crippen LogP contribution in [0.3, 0.4) is 0 Å². The lowest BCUT2D eigenvalue weighted by Gasteiger charge is -2.21. The van der Waals surface area contributed by atoms with E-state index in [1.54, 1.807) is 0 Å². The van der Waals surface area contributed by atoms with Crippen molar-refractivity contribution in [2.45, 2.75) is 72.6 Å². The van der Waals surface area contributed by atoms with E-state index in [2.05, 4.69) is 89.0 Å². The van der Waals surface area contributed by atoms with Gasteiger partial charge in [-0.1, -0.05) is 77.9 Å². The number of nitrogens with zero attached hydrogens (tertiary/aromatic N) is 6. The van der Waals surface area contributed by atoms with E-state index in [-0.39, 0.29) is 10.8 Å². The van der Waals surface area contributed by atoms with Gasteiger partial charge in [-0.25, -0.2) is 9.36 Å². The van der Waals surface area contributed by atoms with Crippen molar-refractivity contribution in [3.63, 3.8) is 0 Å². The van der Waals surface area contributed by atoms with Crippen LogP contribution in [0.2, 0.25) is 0 Å². The van der Waals surface area contributed by atoms with E-state index in [9.17, 15) is 0 Å². The summed E-state index contributed by atoms with van der Waals surface area (Å²) in [6, 6.07) is 20.6.